The van der Waals surface area contributed by atoms with E-state index in [1.54, 1.807) is 18.2 Å². The number of carbonyl (C=O) groups excluding carboxylic acids is 3. The fraction of sp³-hybridized carbons (Fsp3) is 0.609. The van der Waals surface area contributed by atoms with E-state index >= 15 is 0 Å². The lowest BCUT2D eigenvalue weighted by atomic mass is 9.99. The molecule has 0 radical (unpaired) electrons. The molecule has 3 rings (SSSR count). The van der Waals surface area contributed by atoms with Crippen LogP contribution in [0.25, 0.3) is 0 Å². The Bertz CT molecular complexity index is 879. The van der Waals surface area contributed by atoms with Gasteiger partial charge in [-0.15, -0.1) is 0 Å². The lowest BCUT2D eigenvalue weighted by Gasteiger charge is -2.44. The maximum absolute atomic E-state index is 13.2. The molecule has 1 aromatic carbocycles. The number of hydrogen-bond donors (Lipinski definition) is 2. The number of carbonyl (C=O) groups is 3. The summed E-state index contributed by atoms with van der Waals surface area (Å²) in [6, 6.07) is 4.17. The van der Waals surface area contributed by atoms with Crippen LogP contribution in [0.3, 0.4) is 0 Å². The summed E-state index contributed by atoms with van der Waals surface area (Å²) in [6.45, 7) is 3.61. The number of unbranched alkanes of at least 4 members (excludes halogenated alkanes) is 1. The predicted molar refractivity (Wildman–Crippen MR) is 128 cm³/mol. The van der Waals surface area contributed by atoms with Gasteiger partial charge in [0.15, 0.2) is 5.69 Å². The molecule has 2 aliphatic heterocycles. The molecule has 2 N–H and O–H groups in total. The summed E-state index contributed by atoms with van der Waals surface area (Å²) in [4.78, 5) is 38.7. The second kappa shape index (κ2) is 11.9. The van der Waals surface area contributed by atoms with Crippen LogP contribution in [0, 0.1) is 11.1 Å². The molecule has 0 unspecified atom stereocenters. The van der Waals surface area contributed by atoms with Crippen molar-refractivity contribution < 1.29 is 24.3 Å². The van der Waals surface area contributed by atoms with E-state index in [1.807, 2.05) is 6.92 Å². The lowest BCUT2D eigenvalue weighted by Crippen LogP contribution is -2.51. The largest absolute Gasteiger partial charge is 0.627 e. The van der Waals surface area contributed by atoms with Crippen molar-refractivity contribution in [2.75, 3.05) is 44.7 Å². The minimum atomic E-state index is -0.657. The average molecular weight is 497 g/mol. The molecule has 11 heteroatoms. The van der Waals surface area contributed by atoms with Crippen LogP contribution in [-0.2, 0) is 19.1 Å². The number of quaternary nitrogens is 1. The maximum atomic E-state index is 13.2. The fourth-order valence-electron chi connectivity index (χ4n) is 4.57. The minimum absolute atomic E-state index is 0.107. The Morgan fingerprint density at radius 1 is 1.41 bits per heavy atom. The van der Waals surface area contributed by atoms with E-state index in [0.29, 0.717) is 55.5 Å². The van der Waals surface area contributed by atoms with E-state index in [1.165, 1.54) is 4.90 Å². The van der Waals surface area contributed by atoms with Gasteiger partial charge in [0.25, 0.3) is 0 Å². The quantitative estimate of drug-likeness (QED) is 0.169. The Morgan fingerprint density at radius 2 is 2.15 bits per heavy atom. The lowest BCUT2D eigenvalue weighted by molar-refractivity contribution is -0.157. The van der Waals surface area contributed by atoms with Crippen molar-refractivity contribution in [3.8, 4) is 0 Å². The standard InChI is InChI=1S/C23H33ClN4O6/c1-2-3-5-17(15-26(32)16-29)23(31)27-9-4-6-20(27)22(30)25-18-7-8-21(19(24)14-18)28(33)10-12-34-13-11-28/h7-8,14,16-17,20,32H,2-6,9-13,15H2,1H3,(H,25,30)/t17-,20+/m1/s1. The van der Waals surface area contributed by atoms with Crippen molar-refractivity contribution >= 4 is 41.2 Å². The van der Waals surface area contributed by atoms with Crippen LogP contribution in [0.2, 0.25) is 5.02 Å². The Morgan fingerprint density at radius 3 is 2.79 bits per heavy atom. The molecule has 0 bridgehead atoms. The first-order valence-corrected chi connectivity index (χ1v) is 12.1. The minimum Gasteiger partial charge on any atom is -0.627 e. The third kappa shape index (κ3) is 6.25. The van der Waals surface area contributed by atoms with Gasteiger partial charge in [-0.25, -0.2) is 5.06 Å². The molecule has 2 aliphatic rings. The maximum Gasteiger partial charge on any atom is 0.247 e. The highest BCUT2D eigenvalue weighted by atomic mass is 35.5. The first-order valence-electron chi connectivity index (χ1n) is 11.8. The molecule has 2 heterocycles. The number of hydroxylamine groups is 4. The van der Waals surface area contributed by atoms with Crippen LogP contribution in [-0.4, -0.2) is 78.8 Å². The summed E-state index contributed by atoms with van der Waals surface area (Å²) in [6.07, 6.45) is 3.62. The van der Waals surface area contributed by atoms with Gasteiger partial charge in [0.2, 0.25) is 18.2 Å². The zero-order valence-electron chi connectivity index (χ0n) is 19.5. The van der Waals surface area contributed by atoms with Crippen LogP contribution in [0.5, 0.6) is 0 Å². The topological polar surface area (TPSA) is 122 Å². The number of morpholine rings is 1. The number of likely N-dealkylation sites (tertiary alicyclic amines) is 1. The first-order chi connectivity index (χ1) is 16.3. The normalized spacial score (nSPS) is 20.6. The molecule has 2 atom stereocenters. The summed E-state index contributed by atoms with van der Waals surface area (Å²) in [5.74, 6) is -1.16. The van der Waals surface area contributed by atoms with E-state index in [0.717, 1.165) is 12.8 Å². The Kier molecular flexibility index (Phi) is 9.26. The Labute approximate surface area is 204 Å². The van der Waals surface area contributed by atoms with Crippen molar-refractivity contribution in [1.29, 1.82) is 0 Å². The number of anilines is 1. The summed E-state index contributed by atoms with van der Waals surface area (Å²) in [5, 5.41) is 26.2. The average Bonchev–Trinajstić information content (AvgIpc) is 3.31. The predicted octanol–water partition coefficient (Wildman–Crippen LogP) is 2.76. The molecule has 10 nitrogen and oxygen atoms in total. The summed E-state index contributed by atoms with van der Waals surface area (Å²) in [5.41, 5.74) is 0.881. The highest BCUT2D eigenvalue weighted by Gasteiger charge is 2.37. The number of rotatable bonds is 10. The van der Waals surface area contributed by atoms with Gasteiger partial charge < -0.3 is 24.8 Å². The molecule has 0 saturated carbocycles. The van der Waals surface area contributed by atoms with Crippen LogP contribution >= 0.6 is 11.6 Å². The molecular formula is C23H33ClN4O6. The third-order valence-corrected chi connectivity index (χ3v) is 6.77. The molecular weight excluding hydrogens is 464 g/mol. The fourth-order valence-corrected chi connectivity index (χ4v) is 4.90. The molecule has 1 aromatic rings. The van der Waals surface area contributed by atoms with E-state index in [2.05, 4.69) is 5.32 Å². The zero-order valence-corrected chi connectivity index (χ0v) is 20.2. The summed E-state index contributed by atoms with van der Waals surface area (Å²) in [7, 11) is 0. The Balaban J connectivity index is 1.69. The molecule has 34 heavy (non-hydrogen) atoms. The molecule has 2 saturated heterocycles. The molecule has 2 fully saturated rings. The van der Waals surface area contributed by atoms with Crippen LogP contribution < -0.4 is 9.96 Å². The smallest absolute Gasteiger partial charge is 0.247 e. The second-order valence-corrected chi connectivity index (χ2v) is 9.27. The van der Waals surface area contributed by atoms with Gasteiger partial charge in [-0.1, -0.05) is 31.4 Å². The van der Waals surface area contributed by atoms with Gasteiger partial charge >= 0.3 is 0 Å². The van der Waals surface area contributed by atoms with Gasteiger partial charge in [0, 0.05) is 18.3 Å². The van der Waals surface area contributed by atoms with E-state index in [4.69, 9.17) is 16.3 Å². The second-order valence-electron chi connectivity index (χ2n) is 8.86. The van der Waals surface area contributed by atoms with Crippen molar-refractivity contribution in [2.24, 2.45) is 5.92 Å². The molecule has 188 valence electrons. The molecule has 0 aromatic heterocycles. The van der Waals surface area contributed by atoms with Crippen LogP contribution in [0.1, 0.15) is 39.0 Å². The van der Waals surface area contributed by atoms with Gasteiger partial charge in [0.05, 0.1) is 25.7 Å². The highest BCUT2D eigenvalue weighted by molar-refractivity contribution is 6.33. The van der Waals surface area contributed by atoms with Crippen molar-refractivity contribution in [3.63, 3.8) is 0 Å². The first kappa shape index (κ1) is 26.4. The zero-order chi connectivity index (χ0) is 24.7. The van der Waals surface area contributed by atoms with Crippen LogP contribution in [0.4, 0.5) is 11.4 Å². The van der Waals surface area contributed by atoms with Gasteiger partial charge in [-0.3, -0.25) is 19.6 Å². The van der Waals surface area contributed by atoms with Gasteiger partial charge in [-0.05, 0) is 31.4 Å². The molecule has 0 aliphatic carbocycles. The number of hydrogen-bond acceptors (Lipinski definition) is 6. The SMILES string of the molecule is CCCC[C@H](CN(O)C=O)C(=O)N1CCC[C@H]1C(=O)Nc1ccc([N+]2([O-])CCOCC2)c(Cl)c1. The van der Waals surface area contributed by atoms with E-state index in [-0.39, 0.29) is 42.9 Å². The Hall–Kier alpha value is -2.24. The van der Waals surface area contributed by atoms with Gasteiger partial charge in [0.1, 0.15) is 24.2 Å². The monoisotopic (exact) mass is 496 g/mol. The summed E-state index contributed by atoms with van der Waals surface area (Å²) < 4.78 is 4.70. The number of halogens is 1. The van der Waals surface area contributed by atoms with E-state index < -0.39 is 16.6 Å². The number of nitrogens with zero attached hydrogens (tertiary/aromatic N) is 3. The highest BCUT2D eigenvalue weighted by Crippen LogP contribution is 2.34. The number of amides is 3. The van der Waals surface area contributed by atoms with Crippen LogP contribution in [0.15, 0.2) is 18.2 Å². The van der Waals surface area contributed by atoms with E-state index in [9.17, 15) is 24.8 Å². The van der Waals surface area contributed by atoms with Crippen molar-refractivity contribution in [1.82, 2.24) is 14.6 Å². The molecule has 3 amide bonds. The van der Waals surface area contributed by atoms with Crippen molar-refractivity contribution in [3.05, 3.63) is 28.4 Å². The molecule has 0 spiro atoms. The summed E-state index contributed by atoms with van der Waals surface area (Å²) >= 11 is 6.40. The number of benzene rings is 1. The van der Waals surface area contributed by atoms with Gasteiger partial charge in [-0.2, -0.15) is 0 Å². The third-order valence-electron chi connectivity index (χ3n) is 6.47. The number of ether oxygens (including phenoxy) is 1. The van der Waals surface area contributed by atoms with Crippen molar-refractivity contribution in [2.45, 2.75) is 45.1 Å². The number of nitrogens with one attached hydrogen (secondary N) is 1.